The number of ether oxygens (including phenoxy) is 1. The van der Waals surface area contributed by atoms with Crippen LogP contribution in [-0.2, 0) is 18.2 Å². The molecule has 0 saturated carbocycles. The lowest BCUT2D eigenvalue weighted by Gasteiger charge is -2.23. The topological polar surface area (TPSA) is 27.1 Å². The van der Waals surface area contributed by atoms with E-state index in [9.17, 15) is 0 Å². The predicted octanol–water partition coefficient (Wildman–Crippen LogP) is 2.00. The summed E-state index contributed by atoms with van der Waals surface area (Å²) >= 11 is 6.04. The molecule has 0 spiro atoms. The lowest BCUT2D eigenvalue weighted by Crippen LogP contribution is -2.24. The SMILES string of the molecule is Cn1ccnc1CCC1(CCl)CCOC1. The fourth-order valence-electron chi connectivity index (χ4n) is 2.03. The molecule has 0 bridgehead atoms. The molecule has 1 atom stereocenters. The van der Waals surface area contributed by atoms with E-state index in [1.165, 1.54) is 0 Å². The number of aromatic nitrogens is 2. The zero-order valence-electron chi connectivity index (χ0n) is 9.08. The number of alkyl halides is 1. The summed E-state index contributed by atoms with van der Waals surface area (Å²) in [6.07, 6.45) is 6.96. The number of rotatable bonds is 4. The van der Waals surface area contributed by atoms with E-state index < -0.39 is 0 Å². The summed E-state index contributed by atoms with van der Waals surface area (Å²) < 4.78 is 7.51. The van der Waals surface area contributed by atoms with Crippen LogP contribution in [0.3, 0.4) is 0 Å². The standard InChI is InChI=1S/C11H17ClN2O/c1-14-6-5-13-10(14)2-3-11(8-12)4-7-15-9-11/h5-6H,2-4,7-9H2,1H3. The van der Waals surface area contributed by atoms with Gasteiger partial charge in [0.1, 0.15) is 5.82 Å². The van der Waals surface area contributed by atoms with Crippen LogP contribution in [0.4, 0.5) is 0 Å². The second-order valence-corrected chi connectivity index (χ2v) is 4.66. The van der Waals surface area contributed by atoms with Gasteiger partial charge in [0.25, 0.3) is 0 Å². The number of imidazole rings is 1. The lowest BCUT2D eigenvalue weighted by atomic mass is 9.84. The summed E-state index contributed by atoms with van der Waals surface area (Å²) in [6, 6.07) is 0. The molecular weight excluding hydrogens is 212 g/mol. The van der Waals surface area contributed by atoms with Gasteiger partial charge in [-0.25, -0.2) is 4.98 Å². The molecule has 2 rings (SSSR count). The van der Waals surface area contributed by atoms with Crippen molar-refractivity contribution in [3.8, 4) is 0 Å². The Balaban J connectivity index is 1.94. The highest BCUT2D eigenvalue weighted by molar-refractivity contribution is 6.18. The van der Waals surface area contributed by atoms with Crippen LogP contribution in [0.5, 0.6) is 0 Å². The monoisotopic (exact) mass is 228 g/mol. The van der Waals surface area contributed by atoms with Crippen LogP contribution in [0.25, 0.3) is 0 Å². The highest BCUT2D eigenvalue weighted by Gasteiger charge is 2.33. The van der Waals surface area contributed by atoms with Gasteiger partial charge in [-0.15, -0.1) is 11.6 Å². The number of aryl methyl sites for hydroxylation is 2. The fourth-order valence-corrected chi connectivity index (χ4v) is 2.38. The zero-order chi connectivity index (χ0) is 10.7. The van der Waals surface area contributed by atoms with E-state index in [2.05, 4.69) is 9.55 Å². The smallest absolute Gasteiger partial charge is 0.108 e. The van der Waals surface area contributed by atoms with Crippen LogP contribution in [0, 0.1) is 5.41 Å². The third-order valence-electron chi connectivity index (χ3n) is 3.27. The van der Waals surface area contributed by atoms with Gasteiger partial charge in [-0.1, -0.05) is 0 Å². The average molecular weight is 229 g/mol. The first-order chi connectivity index (χ1) is 7.26. The molecule has 15 heavy (non-hydrogen) atoms. The van der Waals surface area contributed by atoms with Gasteiger partial charge in [-0.05, 0) is 12.8 Å². The van der Waals surface area contributed by atoms with E-state index >= 15 is 0 Å². The Kier molecular flexibility index (Phi) is 3.32. The Hall–Kier alpha value is -0.540. The molecule has 0 amide bonds. The van der Waals surface area contributed by atoms with Crippen LogP contribution in [0.2, 0.25) is 0 Å². The normalized spacial score (nSPS) is 26.0. The summed E-state index contributed by atoms with van der Waals surface area (Å²) in [7, 11) is 2.03. The van der Waals surface area contributed by atoms with Gasteiger partial charge in [0, 0.05) is 43.8 Å². The van der Waals surface area contributed by atoms with Gasteiger partial charge >= 0.3 is 0 Å². The number of hydrogen-bond acceptors (Lipinski definition) is 2. The Morgan fingerprint density at radius 2 is 2.53 bits per heavy atom. The van der Waals surface area contributed by atoms with Crippen molar-refractivity contribution in [1.29, 1.82) is 0 Å². The summed E-state index contributed by atoms with van der Waals surface area (Å²) in [5.41, 5.74) is 0.188. The quantitative estimate of drug-likeness (QED) is 0.738. The first kappa shape index (κ1) is 11.0. The van der Waals surface area contributed by atoms with E-state index in [1.807, 2.05) is 19.4 Å². The third-order valence-corrected chi connectivity index (χ3v) is 3.84. The molecule has 1 fully saturated rings. The van der Waals surface area contributed by atoms with E-state index in [-0.39, 0.29) is 5.41 Å². The maximum absolute atomic E-state index is 6.04. The minimum Gasteiger partial charge on any atom is -0.381 e. The molecule has 0 radical (unpaired) electrons. The molecule has 4 heteroatoms. The minimum atomic E-state index is 0.188. The van der Waals surface area contributed by atoms with E-state index in [4.69, 9.17) is 16.3 Å². The largest absolute Gasteiger partial charge is 0.381 e. The van der Waals surface area contributed by atoms with E-state index in [0.717, 1.165) is 38.3 Å². The third kappa shape index (κ3) is 2.34. The molecule has 3 nitrogen and oxygen atoms in total. The van der Waals surface area contributed by atoms with Gasteiger partial charge in [-0.3, -0.25) is 0 Å². The second-order valence-electron chi connectivity index (χ2n) is 4.39. The van der Waals surface area contributed by atoms with Crippen LogP contribution in [0.1, 0.15) is 18.7 Å². The lowest BCUT2D eigenvalue weighted by molar-refractivity contribution is 0.156. The molecule has 1 unspecified atom stereocenters. The van der Waals surface area contributed by atoms with Crippen LogP contribution >= 0.6 is 11.6 Å². The van der Waals surface area contributed by atoms with Crippen molar-refractivity contribution >= 4 is 11.6 Å². The van der Waals surface area contributed by atoms with Gasteiger partial charge in [0.05, 0.1) is 6.61 Å². The van der Waals surface area contributed by atoms with Crippen molar-refractivity contribution in [3.05, 3.63) is 18.2 Å². The first-order valence-corrected chi connectivity index (χ1v) is 5.89. The van der Waals surface area contributed by atoms with Gasteiger partial charge in [0.2, 0.25) is 0 Å². The Labute approximate surface area is 95.4 Å². The summed E-state index contributed by atoms with van der Waals surface area (Å²) in [5, 5.41) is 0. The molecule has 1 aromatic rings. The Morgan fingerprint density at radius 1 is 1.67 bits per heavy atom. The van der Waals surface area contributed by atoms with Gasteiger partial charge in [-0.2, -0.15) is 0 Å². The molecule has 1 aliphatic heterocycles. The van der Waals surface area contributed by atoms with Crippen molar-refractivity contribution in [1.82, 2.24) is 9.55 Å². The maximum atomic E-state index is 6.04. The van der Waals surface area contributed by atoms with Crippen LogP contribution in [-0.4, -0.2) is 28.6 Å². The molecule has 0 aliphatic carbocycles. The summed E-state index contributed by atoms with van der Waals surface area (Å²) in [4.78, 5) is 4.32. The Bertz CT molecular complexity index is 318. The van der Waals surface area contributed by atoms with Gasteiger partial charge in [0.15, 0.2) is 0 Å². The second kappa shape index (κ2) is 4.54. The number of nitrogens with zero attached hydrogens (tertiary/aromatic N) is 2. The molecule has 1 saturated heterocycles. The van der Waals surface area contributed by atoms with E-state index in [1.54, 1.807) is 0 Å². The molecule has 0 N–H and O–H groups in total. The summed E-state index contributed by atoms with van der Waals surface area (Å²) in [6.45, 7) is 1.66. The van der Waals surface area contributed by atoms with Gasteiger partial charge < -0.3 is 9.30 Å². The van der Waals surface area contributed by atoms with Crippen molar-refractivity contribution in [2.45, 2.75) is 19.3 Å². The zero-order valence-corrected chi connectivity index (χ0v) is 9.83. The molecule has 84 valence electrons. The highest BCUT2D eigenvalue weighted by atomic mass is 35.5. The molecular formula is C11H17ClN2O. The number of hydrogen-bond donors (Lipinski definition) is 0. The average Bonchev–Trinajstić information content (AvgIpc) is 2.85. The molecule has 0 aromatic carbocycles. The Morgan fingerprint density at radius 3 is 3.07 bits per heavy atom. The minimum absolute atomic E-state index is 0.188. The molecule has 1 aliphatic rings. The van der Waals surface area contributed by atoms with Crippen molar-refractivity contribution in [2.24, 2.45) is 12.5 Å². The van der Waals surface area contributed by atoms with Crippen molar-refractivity contribution in [3.63, 3.8) is 0 Å². The van der Waals surface area contributed by atoms with Crippen LogP contribution in [0.15, 0.2) is 12.4 Å². The highest BCUT2D eigenvalue weighted by Crippen LogP contribution is 2.34. The van der Waals surface area contributed by atoms with Crippen molar-refractivity contribution in [2.75, 3.05) is 19.1 Å². The van der Waals surface area contributed by atoms with Crippen molar-refractivity contribution < 1.29 is 4.74 Å². The summed E-state index contributed by atoms with van der Waals surface area (Å²) in [5.74, 6) is 1.82. The predicted molar refractivity (Wildman–Crippen MR) is 60.1 cm³/mol. The number of halogens is 1. The van der Waals surface area contributed by atoms with E-state index in [0.29, 0.717) is 5.88 Å². The molecule has 1 aromatic heterocycles. The van der Waals surface area contributed by atoms with Crippen LogP contribution < -0.4 is 0 Å². The fraction of sp³-hybridized carbons (Fsp3) is 0.727. The first-order valence-electron chi connectivity index (χ1n) is 5.36. The maximum Gasteiger partial charge on any atom is 0.108 e. The molecule has 2 heterocycles.